The molecule has 0 bridgehead atoms. The minimum atomic E-state index is -0.239. The number of carbonyl (C=O) groups is 2. The third-order valence-corrected chi connectivity index (χ3v) is 2.77. The quantitative estimate of drug-likeness (QED) is 0.659. The molecule has 0 aromatic rings. The number of esters is 1. The van der Waals surface area contributed by atoms with Gasteiger partial charge in [0, 0.05) is 18.8 Å². The van der Waals surface area contributed by atoms with Crippen molar-refractivity contribution in [2.24, 2.45) is 0 Å². The van der Waals surface area contributed by atoms with Crippen molar-refractivity contribution < 1.29 is 14.3 Å². The Morgan fingerprint density at radius 3 is 2.27 bits per heavy atom. The molecule has 0 unspecified atom stereocenters. The van der Waals surface area contributed by atoms with Gasteiger partial charge in [-0.15, -0.1) is 0 Å². The van der Waals surface area contributed by atoms with E-state index in [1.807, 2.05) is 13.8 Å². The minimum absolute atomic E-state index is 0.0318. The van der Waals surface area contributed by atoms with E-state index in [-0.39, 0.29) is 11.2 Å². The number of hydrogen-bond acceptors (Lipinski definition) is 4. The molecule has 5 heteroatoms. The van der Waals surface area contributed by atoms with Gasteiger partial charge in [-0.05, 0) is 20.8 Å². The maximum absolute atomic E-state index is 11.5. The molecule has 88 valence electrons. The Labute approximate surface area is 95.3 Å². The number of hydrogen-bond donors (Lipinski definition) is 0. The average molecular weight is 233 g/mol. The lowest BCUT2D eigenvalue weighted by Crippen LogP contribution is -2.27. The van der Waals surface area contributed by atoms with Gasteiger partial charge < -0.3 is 9.64 Å². The van der Waals surface area contributed by atoms with Crippen LogP contribution in [-0.2, 0) is 9.53 Å². The van der Waals surface area contributed by atoms with Crippen molar-refractivity contribution in [1.29, 1.82) is 0 Å². The molecule has 0 radical (unpaired) electrons. The summed E-state index contributed by atoms with van der Waals surface area (Å²) in [6.07, 6.45) is 0.297. The van der Waals surface area contributed by atoms with Gasteiger partial charge in [0.15, 0.2) is 0 Å². The Balaban J connectivity index is 3.67. The zero-order valence-corrected chi connectivity index (χ0v) is 10.4. The third-order valence-electron chi connectivity index (χ3n) is 1.86. The molecule has 1 amide bonds. The molecule has 4 nitrogen and oxygen atoms in total. The summed E-state index contributed by atoms with van der Waals surface area (Å²) in [5.41, 5.74) is 0. The molecular formula is C10H19NO3S. The van der Waals surface area contributed by atoms with Gasteiger partial charge in [0.2, 0.25) is 0 Å². The highest BCUT2D eigenvalue weighted by Gasteiger charge is 2.11. The highest BCUT2D eigenvalue weighted by atomic mass is 32.2. The highest BCUT2D eigenvalue weighted by Crippen LogP contribution is 2.10. The summed E-state index contributed by atoms with van der Waals surface area (Å²) in [4.78, 5) is 24.2. The van der Waals surface area contributed by atoms with E-state index >= 15 is 0 Å². The number of amides is 1. The van der Waals surface area contributed by atoms with Gasteiger partial charge in [-0.1, -0.05) is 11.8 Å². The van der Waals surface area contributed by atoms with Crippen LogP contribution in [0.15, 0.2) is 0 Å². The van der Waals surface area contributed by atoms with E-state index in [1.54, 1.807) is 11.8 Å². The number of thioether (sulfide) groups is 1. The van der Waals surface area contributed by atoms with Crippen molar-refractivity contribution in [2.75, 3.05) is 25.4 Å². The summed E-state index contributed by atoms with van der Waals surface area (Å²) >= 11 is 1.17. The van der Waals surface area contributed by atoms with E-state index in [0.717, 1.165) is 0 Å². The Hall–Kier alpha value is -0.710. The standard InChI is InChI=1S/C10H19NO3S/c1-4-11(5-2)10(13)15-8-7-9(12)14-6-3/h4-8H2,1-3H3. The van der Waals surface area contributed by atoms with Crippen molar-refractivity contribution in [3.05, 3.63) is 0 Å². The molecule has 0 fully saturated rings. The van der Waals surface area contributed by atoms with Crippen molar-refractivity contribution in [1.82, 2.24) is 4.90 Å². The van der Waals surface area contributed by atoms with Gasteiger partial charge in [-0.25, -0.2) is 0 Å². The lowest BCUT2D eigenvalue weighted by Gasteiger charge is -2.17. The lowest BCUT2D eigenvalue weighted by molar-refractivity contribution is -0.142. The number of carbonyl (C=O) groups excluding carboxylic acids is 2. The van der Waals surface area contributed by atoms with Gasteiger partial charge in [0.05, 0.1) is 13.0 Å². The molecule has 0 aliphatic rings. The number of rotatable bonds is 6. The Morgan fingerprint density at radius 2 is 1.80 bits per heavy atom. The second-order valence-corrected chi connectivity index (χ2v) is 3.89. The van der Waals surface area contributed by atoms with Gasteiger partial charge in [-0.2, -0.15) is 0 Å². The molecule has 0 spiro atoms. The zero-order valence-electron chi connectivity index (χ0n) is 9.62. The predicted molar refractivity (Wildman–Crippen MR) is 62.0 cm³/mol. The van der Waals surface area contributed by atoms with Gasteiger partial charge >= 0.3 is 5.97 Å². The molecule has 0 saturated heterocycles. The van der Waals surface area contributed by atoms with Crippen LogP contribution in [0.5, 0.6) is 0 Å². The fraction of sp³-hybridized carbons (Fsp3) is 0.800. The van der Waals surface area contributed by atoms with Crippen LogP contribution in [0.25, 0.3) is 0 Å². The zero-order chi connectivity index (χ0) is 11.7. The molecule has 0 heterocycles. The first-order valence-corrected chi connectivity index (χ1v) is 6.21. The van der Waals surface area contributed by atoms with Crippen molar-refractivity contribution in [3.63, 3.8) is 0 Å². The molecule has 0 rings (SSSR count). The molecule has 0 aliphatic heterocycles. The molecular weight excluding hydrogens is 214 g/mol. The van der Waals surface area contributed by atoms with E-state index in [1.165, 1.54) is 11.8 Å². The smallest absolute Gasteiger partial charge is 0.306 e. The summed E-state index contributed by atoms with van der Waals surface area (Å²) < 4.78 is 4.76. The van der Waals surface area contributed by atoms with Crippen molar-refractivity contribution in [3.8, 4) is 0 Å². The van der Waals surface area contributed by atoms with E-state index in [2.05, 4.69) is 0 Å². The lowest BCUT2D eigenvalue weighted by atomic mass is 10.5. The summed E-state index contributed by atoms with van der Waals surface area (Å²) in [6, 6.07) is 0. The average Bonchev–Trinajstić information content (AvgIpc) is 2.20. The van der Waals surface area contributed by atoms with Crippen molar-refractivity contribution >= 4 is 23.0 Å². The topological polar surface area (TPSA) is 46.6 Å². The molecule has 0 aromatic carbocycles. The van der Waals surface area contributed by atoms with Crippen LogP contribution in [0.4, 0.5) is 4.79 Å². The number of nitrogens with zero attached hydrogens (tertiary/aromatic N) is 1. The SMILES string of the molecule is CCOC(=O)CCSC(=O)N(CC)CC. The maximum Gasteiger partial charge on any atom is 0.306 e. The van der Waals surface area contributed by atoms with Crippen LogP contribution >= 0.6 is 11.8 Å². The first-order valence-electron chi connectivity index (χ1n) is 5.22. The molecule has 0 aliphatic carbocycles. The Bertz CT molecular complexity index is 205. The van der Waals surface area contributed by atoms with Crippen LogP contribution in [-0.4, -0.2) is 41.6 Å². The molecule has 0 aromatic heterocycles. The fourth-order valence-electron chi connectivity index (χ4n) is 1.03. The van der Waals surface area contributed by atoms with Gasteiger partial charge in [0.25, 0.3) is 5.24 Å². The van der Waals surface area contributed by atoms with Crippen LogP contribution in [0.2, 0.25) is 0 Å². The minimum Gasteiger partial charge on any atom is -0.466 e. The first-order chi connectivity index (χ1) is 7.15. The summed E-state index contributed by atoms with van der Waals surface area (Å²) in [7, 11) is 0. The van der Waals surface area contributed by atoms with Crippen LogP contribution in [0.1, 0.15) is 27.2 Å². The van der Waals surface area contributed by atoms with Crippen LogP contribution in [0.3, 0.4) is 0 Å². The van der Waals surface area contributed by atoms with Gasteiger partial charge in [0.1, 0.15) is 0 Å². The fourth-order valence-corrected chi connectivity index (χ4v) is 1.91. The Kier molecular flexibility index (Phi) is 8.18. The predicted octanol–water partition coefficient (Wildman–Crippen LogP) is 2.13. The maximum atomic E-state index is 11.5. The largest absolute Gasteiger partial charge is 0.466 e. The third kappa shape index (κ3) is 6.38. The molecule has 0 saturated carbocycles. The second-order valence-electron chi connectivity index (χ2n) is 2.84. The molecule has 15 heavy (non-hydrogen) atoms. The summed E-state index contributed by atoms with van der Waals surface area (Å²) in [5.74, 6) is 0.256. The molecule has 0 atom stereocenters. The monoisotopic (exact) mass is 233 g/mol. The summed E-state index contributed by atoms with van der Waals surface area (Å²) in [5, 5.41) is 0.0318. The van der Waals surface area contributed by atoms with Crippen LogP contribution < -0.4 is 0 Å². The normalized spacial score (nSPS) is 9.80. The van der Waals surface area contributed by atoms with E-state index < -0.39 is 0 Å². The van der Waals surface area contributed by atoms with Gasteiger partial charge in [-0.3, -0.25) is 9.59 Å². The van der Waals surface area contributed by atoms with Crippen LogP contribution in [0, 0.1) is 0 Å². The molecule has 0 N–H and O–H groups in total. The summed E-state index contributed by atoms with van der Waals surface area (Å²) in [6.45, 7) is 7.46. The highest BCUT2D eigenvalue weighted by molar-refractivity contribution is 8.13. The Morgan fingerprint density at radius 1 is 1.20 bits per heavy atom. The number of ether oxygens (including phenoxy) is 1. The van der Waals surface area contributed by atoms with E-state index in [0.29, 0.717) is 31.9 Å². The van der Waals surface area contributed by atoms with E-state index in [9.17, 15) is 9.59 Å². The second kappa shape index (κ2) is 8.59. The first kappa shape index (κ1) is 14.3. The van der Waals surface area contributed by atoms with Crippen molar-refractivity contribution in [2.45, 2.75) is 27.2 Å². The van der Waals surface area contributed by atoms with E-state index in [4.69, 9.17) is 4.74 Å².